The minimum absolute atomic E-state index is 0.173. The van der Waals surface area contributed by atoms with Gasteiger partial charge in [0.05, 0.1) is 12.7 Å². The lowest BCUT2D eigenvalue weighted by Crippen LogP contribution is -2.30. The van der Waals surface area contributed by atoms with Crippen LogP contribution in [0.25, 0.3) is 11.4 Å². The lowest BCUT2D eigenvalue weighted by molar-refractivity contribution is 0.0600. The molecular weight excluding hydrogens is 370 g/mol. The number of hydrogen-bond donors (Lipinski definition) is 0. The zero-order valence-corrected chi connectivity index (χ0v) is 16.3. The zero-order chi connectivity index (χ0) is 20.4. The van der Waals surface area contributed by atoms with Crippen LogP contribution in [0, 0.1) is 6.92 Å². The third-order valence-electron chi connectivity index (χ3n) is 5.08. The van der Waals surface area contributed by atoms with E-state index in [1.807, 2.05) is 31.2 Å². The summed E-state index contributed by atoms with van der Waals surface area (Å²) in [4.78, 5) is 31.1. The molecule has 0 radical (unpaired) electrons. The van der Waals surface area contributed by atoms with Gasteiger partial charge in [-0.25, -0.2) is 4.79 Å². The average molecular weight is 391 g/mol. The molecule has 1 atom stereocenters. The van der Waals surface area contributed by atoms with Crippen LogP contribution in [0.1, 0.15) is 51.1 Å². The van der Waals surface area contributed by atoms with Crippen LogP contribution in [0.4, 0.5) is 0 Å². The Morgan fingerprint density at radius 3 is 2.66 bits per heavy atom. The Balaban J connectivity index is 1.57. The standard InChI is InChI=1S/C22H21N3O4/c1-14-8-10-15(11-9-14)19-23-20(29-24-19)18-7-4-12-25(18)21(26)16-5-3-6-17(13-16)22(27)28-2/h3,5-6,8-11,13,18H,4,7,12H2,1-2H3. The molecule has 29 heavy (non-hydrogen) atoms. The van der Waals surface area contributed by atoms with Crippen LogP contribution in [0.3, 0.4) is 0 Å². The molecule has 7 nitrogen and oxygen atoms in total. The SMILES string of the molecule is COC(=O)c1cccc(C(=O)N2CCCC2c2nc(-c3ccc(C)cc3)no2)c1. The predicted octanol–water partition coefficient (Wildman–Crippen LogP) is 3.81. The molecule has 1 amide bonds. The van der Waals surface area contributed by atoms with Crippen LogP contribution < -0.4 is 0 Å². The maximum atomic E-state index is 13.1. The van der Waals surface area contributed by atoms with Crippen molar-refractivity contribution in [3.8, 4) is 11.4 Å². The molecule has 1 aromatic heterocycles. The molecule has 1 aliphatic heterocycles. The lowest BCUT2D eigenvalue weighted by atomic mass is 10.1. The molecule has 148 valence electrons. The van der Waals surface area contributed by atoms with Crippen molar-refractivity contribution in [2.45, 2.75) is 25.8 Å². The van der Waals surface area contributed by atoms with Crippen molar-refractivity contribution in [3.63, 3.8) is 0 Å². The van der Waals surface area contributed by atoms with Gasteiger partial charge in [0.25, 0.3) is 5.91 Å². The van der Waals surface area contributed by atoms with Gasteiger partial charge in [0.1, 0.15) is 6.04 Å². The van der Waals surface area contributed by atoms with E-state index in [-0.39, 0.29) is 11.9 Å². The van der Waals surface area contributed by atoms with E-state index in [1.165, 1.54) is 7.11 Å². The highest BCUT2D eigenvalue weighted by Crippen LogP contribution is 2.33. The van der Waals surface area contributed by atoms with E-state index in [2.05, 4.69) is 10.1 Å². The van der Waals surface area contributed by atoms with E-state index < -0.39 is 5.97 Å². The van der Waals surface area contributed by atoms with Crippen LogP contribution in [-0.2, 0) is 4.74 Å². The summed E-state index contributed by atoms with van der Waals surface area (Å²) in [6, 6.07) is 14.1. The molecule has 0 aliphatic carbocycles. The van der Waals surface area contributed by atoms with E-state index >= 15 is 0 Å². The summed E-state index contributed by atoms with van der Waals surface area (Å²) in [5.74, 6) is 0.285. The summed E-state index contributed by atoms with van der Waals surface area (Å²) in [6.45, 7) is 2.61. The number of methoxy groups -OCH3 is 1. The highest BCUT2D eigenvalue weighted by molar-refractivity contribution is 5.98. The Hall–Kier alpha value is -3.48. The fraction of sp³-hybridized carbons (Fsp3) is 0.273. The third-order valence-corrected chi connectivity index (χ3v) is 5.08. The van der Waals surface area contributed by atoms with Crippen molar-refractivity contribution in [1.29, 1.82) is 0 Å². The van der Waals surface area contributed by atoms with Crippen LogP contribution >= 0.6 is 0 Å². The Morgan fingerprint density at radius 2 is 1.90 bits per heavy atom. The normalized spacial score (nSPS) is 16.1. The van der Waals surface area contributed by atoms with Gasteiger partial charge in [0, 0.05) is 17.7 Å². The summed E-state index contributed by atoms with van der Waals surface area (Å²) in [6.07, 6.45) is 1.59. The van der Waals surface area contributed by atoms with E-state index in [1.54, 1.807) is 29.2 Å². The van der Waals surface area contributed by atoms with Gasteiger partial charge < -0.3 is 14.2 Å². The highest BCUT2D eigenvalue weighted by atomic mass is 16.5. The van der Waals surface area contributed by atoms with Crippen molar-refractivity contribution < 1.29 is 18.8 Å². The second-order valence-electron chi connectivity index (χ2n) is 7.05. The number of hydrogen-bond acceptors (Lipinski definition) is 6. The largest absolute Gasteiger partial charge is 0.465 e. The summed E-state index contributed by atoms with van der Waals surface area (Å²) < 4.78 is 10.2. The second kappa shape index (κ2) is 7.87. The molecule has 7 heteroatoms. The number of rotatable bonds is 4. The van der Waals surface area contributed by atoms with Crippen LogP contribution in [0.15, 0.2) is 53.1 Å². The molecule has 4 rings (SSSR count). The number of amides is 1. The summed E-state index contributed by atoms with van der Waals surface area (Å²) in [5, 5.41) is 4.09. The van der Waals surface area contributed by atoms with Gasteiger partial charge in [-0.05, 0) is 38.0 Å². The second-order valence-corrected chi connectivity index (χ2v) is 7.05. The molecule has 1 saturated heterocycles. The van der Waals surface area contributed by atoms with Gasteiger partial charge in [-0.15, -0.1) is 0 Å². The summed E-state index contributed by atoms with van der Waals surface area (Å²) in [5.41, 5.74) is 2.79. The van der Waals surface area contributed by atoms with Gasteiger partial charge >= 0.3 is 5.97 Å². The number of ether oxygens (including phenoxy) is 1. The number of benzene rings is 2. The molecule has 0 spiro atoms. The molecule has 0 bridgehead atoms. The first-order valence-electron chi connectivity index (χ1n) is 9.47. The Labute approximate surface area is 168 Å². The summed E-state index contributed by atoms with van der Waals surface area (Å²) in [7, 11) is 1.31. The Kier molecular flexibility index (Phi) is 5.12. The van der Waals surface area contributed by atoms with Crippen LogP contribution in [-0.4, -0.2) is 40.6 Å². The van der Waals surface area contributed by atoms with Crippen LogP contribution in [0.5, 0.6) is 0 Å². The smallest absolute Gasteiger partial charge is 0.337 e. The number of aromatic nitrogens is 2. The number of nitrogens with zero attached hydrogens (tertiary/aromatic N) is 3. The topological polar surface area (TPSA) is 85.5 Å². The molecule has 1 fully saturated rings. The first-order chi connectivity index (χ1) is 14.1. The Bertz CT molecular complexity index is 1040. The molecular formula is C22H21N3O4. The third kappa shape index (κ3) is 3.76. The van der Waals surface area contributed by atoms with Crippen molar-refractivity contribution in [2.75, 3.05) is 13.7 Å². The van der Waals surface area contributed by atoms with Gasteiger partial charge in [0.15, 0.2) is 0 Å². The first-order valence-corrected chi connectivity index (χ1v) is 9.47. The van der Waals surface area contributed by atoms with E-state index in [0.717, 1.165) is 24.0 Å². The average Bonchev–Trinajstić information content (AvgIpc) is 3.43. The maximum absolute atomic E-state index is 13.1. The van der Waals surface area contributed by atoms with Crippen molar-refractivity contribution in [3.05, 3.63) is 71.1 Å². The minimum atomic E-state index is -0.475. The Morgan fingerprint density at radius 1 is 1.14 bits per heavy atom. The zero-order valence-electron chi connectivity index (χ0n) is 16.3. The number of aryl methyl sites for hydroxylation is 1. The van der Waals surface area contributed by atoms with Crippen LogP contribution in [0.2, 0.25) is 0 Å². The maximum Gasteiger partial charge on any atom is 0.337 e. The lowest BCUT2D eigenvalue weighted by Gasteiger charge is -2.22. The molecule has 1 unspecified atom stereocenters. The number of carbonyl (C=O) groups is 2. The van der Waals surface area contributed by atoms with Crippen molar-refractivity contribution in [1.82, 2.24) is 15.0 Å². The minimum Gasteiger partial charge on any atom is -0.465 e. The highest BCUT2D eigenvalue weighted by Gasteiger charge is 2.34. The first kappa shape index (κ1) is 18.9. The van der Waals surface area contributed by atoms with Crippen molar-refractivity contribution >= 4 is 11.9 Å². The number of esters is 1. The molecule has 2 heterocycles. The van der Waals surface area contributed by atoms with Gasteiger partial charge in [0.2, 0.25) is 11.7 Å². The fourth-order valence-corrected chi connectivity index (χ4v) is 3.52. The van der Waals surface area contributed by atoms with E-state index in [4.69, 9.17) is 9.26 Å². The molecule has 3 aromatic rings. The van der Waals surface area contributed by atoms with Gasteiger partial charge in [-0.2, -0.15) is 4.98 Å². The van der Waals surface area contributed by atoms with Crippen molar-refractivity contribution in [2.24, 2.45) is 0 Å². The molecule has 0 N–H and O–H groups in total. The monoisotopic (exact) mass is 391 g/mol. The van der Waals surface area contributed by atoms with Gasteiger partial charge in [-0.1, -0.05) is 41.1 Å². The molecule has 0 saturated carbocycles. The predicted molar refractivity (Wildman–Crippen MR) is 105 cm³/mol. The van der Waals surface area contributed by atoms with Gasteiger partial charge in [-0.3, -0.25) is 4.79 Å². The molecule has 1 aliphatic rings. The quantitative estimate of drug-likeness (QED) is 0.629. The number of carbonyl (C=O) groups excluding carboxylic acids is 2. The molecule has 2 aromatic carbocycles. The van der Waals surface area contributed by atoms with E-state index in [0.29, 0.717) is 29.4 Å². The fourth-order valence-electron chi connectivity index (χ4n) is 3.52. The number of likely N-dealkylation sites (tertiary alicyclic amines) is 1. The van der Waals surface area contributed by atoms with E-state index in [9.17, 15) is 9.59 Å². The summed E-state index contributed by atoms with van der Waals surface area (Å²) >= 11 is 0.